The molecule has 20 heavy (non-hydrogen) atoms. The fourth-order valence-electron chi connectivity index (χ4n) is 4.07. The van der Waals surface area contributed by atoms with Crippen LogP contribution in [0.4, 0.5) is 0 Å². The van der Waals surface area contributed by atoms with Gasteiger partial charge < -0.3 is 9.64 Å². The molecule has 0 spiro atoms. The smallest absolute Gasteiger partial charge is 0.122 e. The number of rotatable bonds is 4. The van der Waals surface area contributed by atoms with Gasteiger partial charge in [0.05, 0.1) is 7.11 Å². The predicted octanol–water partition coefficient (Wildman–Crippen LogP) is 3.79. The van der Waals surface area contributed by atoms with E-state index >= 15 is 0 Å². The van der Waals surface area contributed by atoms with Gasteiger partial charge in [0.15, 0.2) is 0 Å². The maximum atomic E-state index is 5.69. The largest absolute Gasteiger partial charge is 0.496 e. The highest BCUT2D eigenvalue weighted by Crippen LogP contribution is 2.47. The average molecular weight is 291 g/mol. The Labute approximate surface area is 126 Å². The van der Waals surface area contributed by atoms with Gasteiger partial charge in [0, 0.05) is 29.5 Å². The number of nitrogens with zero attached hydrogens (tertiary/aromatic N) is 1. The monoisotopic (exact) mass is 291 g/mol. The predicted molar refractivity (Wildman–Crippen MR) is 86.1 cm³/mol. The summed E-state index contributed by atoms with van der Waals surface area (Å²) in [6, 6.07) is 4.41. The van der Waals surface area contributed by atoms with Crippen molar-refractivity contribution < 1.29 is 4.74 Å². The number of fused-ring (bicyclic) bond motifs is 3. The highest BCUT2D eigenvalue weighted by Gasteiger charge is 2.39. The second-order valence-corrected chi connectivity index (χ2v) is 6.88. The summed E-state index contributed by atoms with van der Waals surface area (Å²) in [5.41, 5.74) is 3.09. The molecule has 0 aromatic heterocycles. The van der Waals surface area contributed by atoms with Crippen LogP contribution in [0.5, 0.6) is 5.75 Å². The van der Waals surface area contributed by atoms with E-state index in [1.54, 1.807) is 5.56 Å². The van der Waals surface area contributed by atoms with Crippen molar-refractivity contribution in [3.8, 4) is 5.75 Å². The molecule has 1 fully saturated rings. The first kappa shape index (κ1) is 14.3. The van der Waals surface area contributed by atoms with E-state index in [4.69, 9.17) is 4.74 Å². The summed E-state index contributed by atoms with van der Waals surface area (Å²) >= 11 is 1.88. The number of thioether (sulfide) groups is 1. The van der Waals surface area contributed by atoms with E-state index in [1.807, 2.05) is 18.9 Å². The highest BCUT2D eigenvalue weighted by molar-refractivity contribution is 7.98. The molecule has 2 atom stereocenters. The Balaban J connectivity index is 1.98. The number of hydrogen-bond donors (Lipinski definition) is 0. The summed E-state index contributed by atoms with van der Waals surface area (Å²) in [6.45, 7) is 6.03. The van der Waals surface area contributed by atoms with Crippen molar-refractivity contribution in [1.29, 1.82) is 0 Å². The SMILES string of the molecule is CCCN1CC2CCc3c(SC)ccc(OC)c3C2C1. The minimum absolute atomic E-state index is 0.687. The Morgan fingerprint density at radius 2 is 2.20 bits per heavy atom. The van der Waals surface area contributed by atoms with Crippen LogP contribution in [0.1, 0.15) is 36.8 Å². The zero-order valence-corrected chi connectivity index (χ0v) is 13.6. The number of benzene rings is 1. The van der Waals surface area contributed by atoms with Crippen LogP contribution < -0.4 is 4.74 Å². The van der Waals surface area contributed by atoms with Gasteiger partial charge in [-0.1, -0.05) is 6.92 Å². The third-order valence-corrected chi connectivity index (χ3v) is 5.73. The van der Waals surface area contributed by atoms with Crippen LogP contribution in [0.3, 0.4) is 0 Å². The molecule has 0 amide bonds. The van der Waals surface area contributed by atoms with Gasteiger partial charge in [-0.2, -0.15) is 0 Å². The zero-order valence-electron chi connectivity index (χ0n) is 12.8. The van der Waals surface area contributed by atoms with E-state index in [0.717, 1.165) is 11.7 Å². The lowest BCUT2D eigenvalue weighted by Gasteiger charge is -2.30. The van der Waals surface area contributed by atoms with Gasteiger partial charge in [0.25, 0.3) is 0 Å². The molecule has 1 heterocycles. The first-order valence-corrected chi connectivity index (χ1v) is 8.97. The van der Waals surface area contributed by atoms with E-state index in [-0.39, 0.29) is 0 Å². The second kappa shape index (κ2) is 5.98. The molecule has 3 rings (SSSR count). The van der Waals surface area contributed by atoms with Crippen LogP contribution in [0.25, 0.3) is 0 Å². The molecule has 0 saturated carbocycles. The zero-order chi connectivity index (χ0) is 14.1. The lowest BCUT2D eigenvalue weighted by Crippen LogP contribution is -2.21. The fourth-order valence-corrected chi connectivity index (χ4v) is 4.73. The molecule has 2 unspecified atom stereocenters. The molecule has 0 N–H and O–H groups in total. The third kappa shape index (κ3) is 2.35. The maximum Gasteiger partial charge on any atom is 0.122 e. The van der Waals surface area contributed by atoms with Gasteiger partial charge in [-0.05, 0) is 55.7 Å². The molecule has 0 radical (unpaired) electrons. The van der Waals surface area contributed by atoms with Crippen LogP contribution in [0.15, 0.2) is 17.0 Å². The summed E-state index contributed by atoms with van der Waals surface area (Å²) in [5, 5.41) is 0. The normalized spacial score (nSPS) is 25.4. The molecule has 1 aromatic rings. The van der Waals surface area contributed by atoms with Gasteiger partial charge in [0.1, 0.15) is 5.75 Å². The third-order valence-electron chi connectivity index (χ3n) is 4.91. The van der Waals surface area contributed by atoms with Crippen molar-refractivity contribution in [3.63, 3.8) is 0 Å². The number of methoxy groups -OCH3 is 1. The van der Waals surface area contributed by atoms with Crippen molar-refractivity contribution >= 4 is 11.8 Å². The second-order valence-electron chi connectivity index (χ2n) is 6.03. The van der Waals surface area contributed by atoms with E-state index < -0.39 is 0 Å². The minimum atomic E-state index is 0.687. The topological polar surface area (TPSA) is 12.5 Å². The van der Waals surface area contributed by atoms with Crippen LogP contribution in [0, 0.1) is 5.92 Å². The van der Waals surface area contributed by atoms with Gasteiger partial charge in [-0.15, -0.1) is 11.8 Å². The molecular weight excluding hydrogens is 266 g/mol. The molecule has 110 valence electrons. The van der Waals surface area contributed by atoms with E-state index in [1.165, 1.54) is 49.4 Å². The Morgan fingerprint density at radius 3 is 2.90 bits per heavy atom. The Bertz CT molecular complexity index is 488. The van der Waals surface area contributed by atoms with Gasteiger partial charge >= 0.3 is 0 Å². The molecule has 0 bridgehead atoms. The Kier molecular flexibility index (Phi) is 4.27. The quantitative estimate of drug-likeness (QED) is 0.783. The van der Waals surface area contributed by atoms with E-state index in [9.17, 15) is 0 Å². The molecule has 1 saturated heterocycles. The van der Waals surface area contributed by atoms with Crippen LogP contribution >= 0.6 is 11.8 Å². The summed E-state index contributed by atoms with van der Waals surface area (Å²) in [6.07, 6.45) is 6.02. The minimum Gasteiger partial charge on any atom is -0.496 e. The van der Waals surface area contributed by atoms with Crippen molar-refractivity contribution in [2.75, 3.05) is 33.0 Å². The molecule has 1 aliphatic carbocycles. The maximum absolute atomic E-state index is 5.69. The average Bonchev–Trinajstić information content (AvgIpc) is 2.89. The summed E-state index contributed by atoms with van der Waals surface area (Å²) in [7, 11) is 1.82. The van der Waals surface area contributed by atoms with Gasteiger partial charge in [0.2, 0.25) is 0 Å². The van der Waals surface area contributed by atoms with Crippen LogP contribution in [-0.4, -0.2) is 37.9 Å². The highest BCUT2D eigenvalue weighted by atomic mass is 32.2. The summed E-state index contributed by atoms with van der Waals surface area (Å²) < 4.78 is 5.69. The van der Waals surface area contributed by atoms with Crippen molar-refractivity contribution in [1.82, 2.24) is 4.90 Å². The van der Waals surface area contributed by atoms with Crippen LogP contribution in [0.2, 0.25) is 0 Å². The van der Waals surface area contributed by atoms with E-state index in [0.29, 0.717) is 5.92 Å². The fraction of sp³-hybridized carbons (Fsp3) is 0.647. The first-order valence-electron chi connectivity index (χ1n) is 7.74. The molecule has 1 aliphatic heterocycles. The van der Waals surface area contributed by atoms with E-state index in [2.05, 4.69) is 30.2 Å². The number of hydrogen-bond acceptors (Lipinski definition) is 3. The summed E-state index contributed by atoms with van der Waals surface area (Å²) in [4.78, 5) is 4.10. The van der Waals surface area contributed by atoms with Crippen LogP contribution in [-0.2, 0) is 6.42 Å². The molecule has 1 aromatic carbocycles. The standard InChI is InChI=1S/C17H25NOS/c1-4-9-18-10-12-5-6-13-16(20-3)8-7-15(19-2)17(13)14(12)11-18/h7-8,12,14H,4-6,9-11H2,1-3H3. The first-order chi connectivity index (χ1) is 9.78. The van der Waals surface area contributed by atoms with Gasteiger partial charge in [-0.3, -0.25) is 0 Å². The molecular formula is C17H25NOS. The number of likely N-dealkylation sites (tertiary alicyclic amines) is 1. The van der Waals surface area contributed by atoms with Crippen molar-refractivity contribution in [2.45, 2.75) is 37.0 Å². The van der Waals surface area contributed by atoms with Crippen molar-refractivity contribution in [3.05, 3.63) is 23.3 Å². The van der Waals surface area contributed by atoms with Crippen molar-refractivity contribution in [2.24, 2.45) is 5.92 Å². The lowest BCUT2D eigenvalue weighted by molar-refractivity contribution is 0.321. The number of ether oxygens (including phenoxy) is 1. The van der Waals surface area contributed by atoms with Gasteiger partial charge in [-0.25, -0.2) is 0 Å². The Morgan fingerprint density at radius 1 is 1.35 bits per heavy atom. The Hall–Kier alpha value is -0.670. The lowest BCUT2D eigenvalue weighted by atomic mass is 9.76. The molecule has 3 heteroatoms. The molecule has 2 aliphatic rings. The summed E-state index contributed by atoms with van der Waals surface area (Å²) in [5.74, 6) is 2.64. The molecule has 2 nitrogen and oxygen atoms in total.